The number of alkyl halides is 3. The molecule has 0 saturated heterocycles. The second-order valence-electron chi connectivity index (χ2n) is 7.01. The number of anilines is 1. The highest BCUT2D eigenvalue weighted by Crippen LogP contribution is 2.34. The van der Waals surface area contributed by atoms with Crippen molar-refractivity contribution in [2.24, 2.45) is 0 Å². The number of imidazole rings is 1. The van der Waals surface area contributed by atoms with Gasteiger partial charge in [0.25, 0.3) is 0 Å². The Balaban J connectivity index is 1.50. The lowest BCUT2D eigenvalue weighted by molar-refractivity contribution is -0.144. The fourth-order valence-corrected chi connectivity index (χ4v) is 3.77. The average molecular weight is 414 g/mol. The number of benzene rings is 1. The number of H-pyrrole nitrogens is 2. The molecule has 1 aromatic carbocycles. The summed E-state index contributed by atoms with van der Waals surface area (Å²) in [5, 5.41) is 1.05. The number of methoxy groups -OCH3 is 1. The number of nitrogens with one attached hydrogen (secondary N) is 2. The van der Waals surface area contributed by atoms with E-state index in [0.29, 0.717) is 25.0 Å². The van der Waals surface area contributed by atoms with Crippen LogP contribution in [0.4, 0.5) is 19.0 Å². The second-order valence-corrected chi connectivity index (χ2v) is 7.01. The molecule has 0 saturated carbocycles. The molecule has 4 heterocycles. The number of rotatable bonds is 3. The molecule has 3 aromatic heterocycles. The first-order chi connectivity index (χ1) is 14.4. The minimum Gasteiger partial charge on any atom is -0.497 e. The molecule has 4 aromatic rings. The van der Waals surface area contributed by atoms with E-state index < -0.39 is 12.0 Å². The predicted octanol–water partition coefficient (Wildman–Crippen LogP) is 4.16. The maximum Gasteiger partial charge on any atom is 0.451 e. The van der Waals surface area contributed by atoms with Crippen LogP contribution >= 0.6 is 0 Å². The van der Waals surface area contributed by atoms with Crippen LogP contribution in [0.2, 0.25) is 0 Å². The molecular formula is C20H17F3N6O. The number of aromatic nitrogens is 5. The molecule has 10 heteroatoms. The summed E-state index contributed by atoms with van der Waals surface area (Å²) in [5.41, 5.74) is 3.59. The van der Waals surface area contributed by atoms with Gasteiger partial charge in [-0.05, 0) is 30.2 Å². The van der Waals surface area contributed by atoms with Crippen molar-refractivity contribution in [1.29, 1.82) is 0 Å². The Morgan fingerprint density at radius 2 is 2.03 bits per heavy atom. The van der Waals surface area contributed by atoms with Gasteiger partial charge in [0.1, 0.15) is 11.3 Å². The summed E-state index contributed by atoms with van der Waals surface area (Å²) in [6.07, 6.45) is 1.31. The molecule has 0 unspecified atom stereocenters. The highest BCUT2D eigenvalue weighted by atomic mass is 19.4. The topological polar surface area (TPSA) is 82.7 Å². The molecule has 0 radical (unpaired) electrons. The van der Waals surface area contributed by atoms with Gasteiger partial charge in [-0.2, -0.15) is 13.2 Å². The maximum atomic E-state index is 13.2. The largest absolute Gasteiger partial charge is 0.497 e. The van der Waals surface area contributed by atoms with Crippen LogP contribution in [0.1, 0.15) is 17.8 Å². The van der Waals surface area contributed by atoms with E-state index in [4.69, 9.17) is 4.74 Å². The fourth-order valence-electron chi connectivity index (χ4n) is 3.77. The van der Waals surface area contributed by atoms with Crippen LogP contribution in [-0.2, 0) is 6.18 Å². The third-order valence-corrected chi connectivity index (χ3v) is 5.26. The minimum absolute atomic E-state index is 0.00539. The van der Waals surface area contributed by atoms with Gasteiger partial charge in [0.05, 0.1) is 13.4 Å². The van der Waals surface area contributed by atoms with Crippen LogP contribution in [0, 0.1) is 0 Å². The highest BCUT2D eigenvalue weighted by molar-refractivity contribution is 5.94. The van der Waals surface area contributed by atoms with E-state index in [9.17, 15) is 13.2 Å². The molecule has 0 fully saturated rings. The van der Waals surface area contributed by atoms with Crippen molar-refractivity contribution >= 4 is 33.5 Å². The van der Waals surface area contributed by atoms with Crippen molar-refractivity contribution in [1.82, 2.24) is 24.9 Å². The molecule has 30 heavy (non-hydrogen) atoms. The van der Waals surface area contributed by atoms with Gasteiger partial charge in [0.15, 0.2) is 11.5 Å². The third kappa shape index (κ3) is 3.04. The van der Waals surface area contributed by atoms with E-state index in [2.05, 4.69) is 24.9 Å². The first-order valence-electron chi connectivity index (χ1n) is 9.32. The summed E-state index contributed by atoms with van der Waals surface area (Å²) in [4.78, 5) is 19.1. The lowest BCUT2D eigenvalue weighted by Crippen LogP contribution is -2.30. The third-order valence-electron chi connectivity index (χ3n) is 5.26. The van der Waals surface area contributed by atoms with Crippen molar-refractivity contribution in [3.63, 3.8) is 0 Å². The molecule has 5 rings (SSSR count). The first kappa shape index (κ1) is 18.5. The van der Waals surface area contributed by atoms with Crippen LogP contribution < -0.4 is 9.64 Å². The summed E-state index contributed by atoms with van der Waals surface area (Å²) in [5.74, 6) is -0.208. The zero-order chi connectivity index (χ0) is 20.9. The Morgan fingerprint density at radius 3 is 2.77 bits per heavy atom. The quantitative estimate of drug-likeness (QED) is 0.526. The van der Waals surface area contributed by atoms with E-state index in [0.717, 1.165) is 27.8 Å². The maximum absolute atomic E-state index is 13.2. The monoisotopic (exact) mass is 414 g/mol. The number of fused-ring (bicyclic) bond motifs is 2. The van der Waals surface area contributed by atoms with Gasteiger partial charge < -0.3 is 19.6 Å². The van der Waals surface area contributed by atoms with Gasteiger partial charge in [-0.15, -0.1) is 0 Å². The standard InChI is InChI=1S/C20H17F3N6O/c1-30-12-2-3-15-13(8-12)14(9-24-15)11-4-6-29(7-5-11)18-16-17(26-10-25-16)27-19(28-18)20(21,22)23/h2-4,8-10,24H,5-7H2,1H3,(H,25,26,27,28). The van der Waals surface area contributed by atoms with Crippen LogP contribution in [0.15, 0.2) is 36.8 Å². The van der Waals surface area contributed by atoms with Gasteiger partial charge >= 0.3 is 6.18 Å². The smallest absolute Gasteiger partial charge is 0.451 e. The number of ether oxygens (including phenoxy) is 1. The fraction of sp³-hybridized carbons (Fsp3) is 0.250. The van der Waals surface area contributed by atoms with E-state index in [1.165, 1.54) is 6.33 Å². The number of aromatic amines is 2. The van der Waals surface area contributed by atoms with Gasteiger partial charge in [-0.25, -0.2) is 15.0 Å². The van der Waals surface area contributed by atoms with Crippen molar-refractivity contribution in [3.8, 4) is 5.75 Å². The Hall–Kier alpha value is -3.56. The Labute approximate surface area is 168 Å². The highest BCUT2D eigenvalue weighted by Gasteiger charge is 2.36. The molecule has 154 valence electrons. The van der Waals surface area contributed by atoms with Gasteiger partial charge in [-0.1, -0.05) is 6.08 Å². The van der Waals surface area contributed by atoms with Crippen molar-refractivity contribution in [3.05, 3.63) is 48.2 Å². The molecule has 0 atom stereocenters. The lowest BCUT2D eigenvalue weighted by atomic mass is 9.99. The molecule has 0 amide bonds. The van der Waals surface area contributed by atoms with E-state index in [-0.39, 0.29) is 11.5 Å². The van der Waals surface area contributed by atoms with Crippen molar-refractivity contribution in [2.45, 2.75) is 12.6 Å². The number of hydrogen-bond acceptors (Lipinski definition) is 5. The van der Waals surface area contributed by atoms with Gasteiger partial charge in [-0.3, -0.25) is 0 Å². The summed E-state index contributed by atoms with van der Waals surface area (Å²) in [6, 6.07) is 5.83. The van der Waals surface area contributed by atoms with Gasteiger partial charge in [0, 0.05) is 35.8 Å². The Morgan fingerprint density at radius 1 is 1.17 bits per heavy atom. The van der Waals surface area contributed by atoms with Crippen molar-refractivity contribution < 1.29 is 17.9 Å². The van der Waals surface area contributed by atoms with E-state index in [1.54, 1.807) is 12.0 Å². The molecular weight excluding hydrogens is 397 g/mol. The Bertz CT molecular complexity index is 1270. The molecule has 1 aliphatic heterocycles. The number of hydrogen-bond donors (Lipinski definition) is 2. The summed E-state index contributed by atoms with van der Waals surface area (Å²) >= 11 is 0. The Kier molecular flexibility index (Phi) is 4.16. The van der Waals surface area contributed by atoms with Crippen molar-refractivity contribution in [2.75, 3.05) is 25.1 Å². The van der Waals surface area contributed by atoms with Crippen LogP contribution in [0.3, 0.4) is 0 Å². The van der Waals surface area contributed by atoms with Crippen LogP contribution in [0.25, 0.3) is 27.6 Å². The molecule has 0 aliphatic carbocycles. The molecule has 2 N–H and O–H groups in total. The molecule has 7 nitrogen and oxygen atoms in total. The summed E-state index contributed by atoms with van der Waals surface area (Å²) < 4.78 is 45.0. The minimum atomic E-state index is -4.64. The van der Waals surface area contributed by atoms with Crippen LogP contribution in [0.5, 0.6) is 5.75 Å². The van der Waals surface area contributed by atoms with Gasteiger partial charge in [0.2, 0.25) is 5.82 Å². The molecule has 0 bridgehead atoms. The SMILES string of the molecule is COc1ccc2[nH]cc(C3=CCN(c4nc(C(F)(F)F)nc5nc[nH]c45)CC3)c2c1. The van der Waals surface area contributed by atoms with E-state index >= 15 is 0 Å². The normalized spacial score (nSPS) is 15.1. The average Bonchev–Trinajstić information content (AvgIpc) is 3.39. The van der Waals surface area contributed by atoms with Crippen LogP contribution in [-0.4, -0.2) is 45.1 Å². The zero-order valence-corrected chi connectivity index (χ0v) is 15.9. The molecule has 0 spiro atoms. The van der Waals surface area contributed by atoms with E-state index in [1.807, 2.05) is 30.5 Å². The predicted molar refractivity (Wildman–Crippen MR) is 106 cm³/mol. The molecule has 1 aliphatic rings. The number of nitrogens with zero attached hydrogens (tertiary/aromatic N) is 4. The first-order valence-corrected chi connectivity index (χ1v) is 9.32. The lowest BCUT2D eigenvalue weighted by Gasteiger charge is -2.28. The summed E-state index contributed by atoms with van der Waals surface area (Å²) in [7, 11) is 1.62. The summed E-state index contributed by atoms with van der Waals surface area (Å²) in [6.45, 7) is 0.944. The zero-order valence-electron chi connectivity index (χ0n) is 15.9. The second kappa shape index (κ2) is 6.75. The number of halogens is 3.